The molecule has 7 nitrogen and oxygen atoms in total. The molecular formula is C17H16F2N6O. The SMILES string of the molecule is Cc1nccn1-c1cc(-c2cnc(N)c(OC(F)F)c2)nc(C2CC2)n1. The zero-order chi connectivity index (χ0) is 18.3. The van der Waals surface area contributed by atoms with Crippen LogP contribution in [0.3, 0.4) is 0 Å². The summed E-state index contributed by atoms with van der Waals surface area (Å²) in [5, 5.41) is 0. The number of hydrogen-bond acceptors (Lipinski definition) is 6. The van der Waals surface area contributed by atoms with Crippen LogP contribution in [-0.2, 0) is 0 Å². The molecule has 0 atom stereocenters. The van der Waals surface area contributed by atoms with E-state index in [0.29, 0.717) is 23.0 Å². The summed E-state index contributed by atoms with van der Waals surface area (Å²) in [7, 11) is 0. The van der Waals surface area contributed by atoms with E-state index in [4.69, 9.17) is 5.73 Å². The van der Waals surface area contributed by atoms with E-state index in [-0.39, 0.29) is 11.6 Å². The van der Waals surface area contributed by atoms with Gasteiger partial charge in [-0.3, -0.25) is 4.57 Å². The third-order valence-corrected chi connectivity index (χ3v) is 4.14. The van der Waals surface area contributed by atoms with Gasteiger partial charge in [0, 0.05) is 36.1 Å². The lowest BCUT2D eigenvalue weighted by atomic mass is 10.2. The number of nitrogens with two attached hydrogens (primary N) is 1. The van der Waals surface area contributed by atoms with E-state index in [2.05, 4.69) is 24.7 Å². The molecule has 0 radical (unpaired) electrons. The molecule has 3 aromatic rings. The number of pyridine rings is 1. The highest BCUT2D eigenvalue weighted by atomic mass is 19.3. The Hall–Kier alpha value is -3.10. The molecule has 1 aliphatic carbocycles. The maximum absolute atomic E-state index is 12.6. The summed E-state index contributed by atoms with van der Waals surface area (Å²) in [5.74, 6) is 2.21. The van der Waals surface area contributed by atoms with Crippen LogP contribution in [0.5, 0.6) is 5.75 Å². The molecule has 26 heavy (non-hydrogen) atoms. The molecular weight excluding hydrogens is 342 g/mol. The number of anilines is 1. The van der Waals surface area contributed by atoms with Gasteiger partial charge in [0.25, 0.3) is 0 Å². The van der Waals surface area contributed by atoms with Gasteiger partial charge in [-0.05, 0) is 25.8 Å². The van der Waals surface area contributed by atoms with Crippen molar-refractivity contribution in [3.8, 4) is 22.8 Å². The number of imidazole rings is 1. The first kappa shape index (κ1) is 16.4. The molecule has 0 unspecified atom stereocenters. The molecule has 9 heteroatoms. The average Bonchev–Trinajstić information content (AvgIpc) is 3.37. The Bertz CT molecular complexity index is 954. The van der Waals surface area contributed by atoms with Crippen molar-refractivity contribution in [1.82, 2.24) is 24.5 Å². The summed E-state index contributed by atoms with van der Waals surface area (Å²) in [6.07, 6.45) is 7.05. The molecule has 2 N–H and O–H groups in total. The van der Waals surface area contributed by atoms with Gasteiger partial charge in [-0.2, -0.15) is 8.78 Å². The first-order valence-corrected chi connectivity index (χ1v) is 8.11. The molecule has 1 saturated carbocycles. The zero-order valence-corrected chi connectivity index (χ0v) is 13.9. The van der Waals surface area contributed by atoms with Gasteiger partial charge in [-0.15, -0.1) is 0 Å². The lowest BCUT2D eigenvalue weighted by molar-refractivity contribution is -0.0494. The minimum absolute atomic E-state index is 0.101. The van der Waals surface area contributed by atoms with E-state index in [1.807, 2.05) is 17.7 Å². The van der Waals surface area contributed by atoms with Gasteiger partial charge in [0.2, 0.25) is 0 Å². The summed E-state index contributed by atoms with van der Waals surface area (Å²) >= 11 is 0. The zero-order valence-electron chi connectivity index (χ0n) is 13.9. The lowest BCUT2D eigenvalue weighted by Gasteiger charge is -2.11. The number of rotatable bonds is 5. The number of nitrogen functional groups attached to an aromatic ring is 1. The van der Waals surface area contributed by atoms with Gasteiger partial charge in [0.15, 0.2) is 11.6 Å². The third kappa shape index (κ3) is 3.19. The average molecular weight is 358 g/mol. The number of aryl methyl sites for hydroxylation is 1. The number of nitrogens with zero attached hydrogens (tertiary/aromatic N) is 5. The van der Waals surface area contributed by atoms with Crippen molar-refractivity contribution in [3.63, 3.8) is 0 Å². The van der Waals surface area contributed by atoms with Crippen LogP contribution in [-0.4, -0.2) is 31.1 Å². The van der Waals surface area contributed by atoms with Crippen molar-refractivity contribution in [2.45, 2.75) is 32.3 Å². The van der Waals surface area contributed by atoms with Crippen molar-refractivity contribution in [2.24, 2.45) is 0 Å². The summed E-state index contributed by atoms with van der Waals surface area (Å²) in [4.78, 5) is 17.4. The first-order valence-electron chi connectivity index (χ1n) is 8.11. The Morgan fingerprint density at radius 3 is 2.69 bits per heavy atom. The van der Waals surface area contributed by atoms with Crippen molar-refractivity contribution in [3.05, 3.63) is 42.4 Å². The minimum atomic E-state index is -2.98. The van der Waals surface area contributed by atoms with Crippen molar-refractivity contribution in [2.75, 3.05) is 5.73 Å². The second-order valence-electron chi connectivity index (χ2n) is 6.07. The van der Waals surface area contributed by atoms with E-state index in [0.717, 1.165) is 24.5 Å². The second kappa shape index (κ2) is 6.32. The second-order valence-corrected chi connectivity index (χ2v) is 6.07. The van der Waals surface area contributed by atoms with Gasteiger partial charge in [0.05, 0.1) is 5.69 Å². The van der Waals surface area contributed by atoms with Crippen molar-refractivity contribution < 1.29 is 13.5 Å². The number of halogens is 2. The monoisotopic (exact) mass is 358 g/mol. The molecule has 3 heterocycles. The Morgan fingerprint density at radius 2 is 2.04 bits per heavy atom. The maximum Gasteiger partial charge on any atom is 0.387 e. The van der Waals surface area contributed by atoms with Gasteiger partial charge in [0.1, 0.15) is 17.5 Å². The van der Waals surface area contributed by atoms with E-state index in [9.17, 15) is 8.78 Å². The Labute approximate surface area is 147 Å². The third-order valence-electron chi connectivity index (χ3n) is 4.14. The highest BCUT2D eigenvalue weighted by molar-refractivity contribution is 5.65. The fourth-order valence-corrected chi connectivity index (χ4v) is 2.65. The lowest BCUT2D eigenvalue weighted by Crippen LogP contribution is -2.07. The predicted octanol–water partition coefficient (Wildman–Crippen LogP) is 3.09. The standard InChI is InChI=1S/C17H16F2N6O/c1-9-21-4-5-25(9)14-7-12(23-16(24-14)10-2-3-10)11-6-13(26-17(18)19)15(20)22-8-11/h4-8,10,17H,2-3H2,1H3,(H2,20,22). The largest absolute Gasteiger partial charge is 0.431 e. The Morgan fingerprint density at radius 1 is 1.23 bits per heavy atom. The molecule has 0 aromatic carbocycles. The molecule has 0 amide bonds. The summed E-state index contributed by atoms with van der Waals surface area (Å²) in [6.45, 7) is -1.11. The molecule has 134 valence electrons. The van der Waals surface area contributed by atoms with Crippen molar-refractivity contribution in [1.29, 1.82) is 0 Å². The molecule has 0 bridgehead atoms. The number of aromatic nitrogens is 5. The highest BCUT2D eigenvalue weighted by Crippen LogP contribution is 2.39. The topological polar surface area (TPSA) is 91.7 Å². The Kier molecular flexibility index (Phi) is 3.98. The molecule has 3 aromatic heterocycles. The van der Waals surface area contributed by atoms with Crippen LogP contribution in [0.25, 0.3) is 17.1 Å². The Balaban J connectivity index is 1.81. The molecule has 0 aliphatic heterocycles. The van der Waals surface area contributed by atoms with Gasteiger partial charge < -0.3 is 10.5 Å². The van der Waals surface area contributed by atoms with Crippen LogP contribution in [0.1, 0.15) is 30.4 Å². The maximum atomic E-state index is 12.6. The van der Waals surface area contributed by atoms with E-state index >= 15 is 0 Å². The van der Waals surface area contributed by atoms with E-state index in [1.165, 1.54) is 12.3 Å². The summed E-state index contributed by atoms with van der Waals surface area (Å²) in [5.41, 5.74) is 6.71. The number of hydrogen-bond donors (Lipinski definition) is 1. The van der Waals surface area contributed by atoms with Crippen LogP contribution in [0.2, 0.25) is 0 Å². The molecule has 0 spiro atoms. The van der Waals surface area contributed by atoms with Crippen molar-refractivity contribution >= 4 is 5.82 Å². The number of ether oxygens (including phenoxy) is 1. The van der Waals surface area contributed by atoms with Gasteiger partial charge >= 0.3 is 6.61 Å². The quantitative estimate of drug-likeness (QED) is 0.753. The van der Waals surface area contributed by atoms with Crippen LogP contribution in [0.4, 0.5) is 14.6 Å². The highest BCUT2D eigenvalue weighted by Gasteiger charge is 2.28. The van der Waals surface area contributed by atoms with Gasteiger partial charge in [-0.1, -0.05) is 0 Å². The number of alkyl halides is 2. The summed E-state index contributed by atoms with van der Waals surface area (Å²) < 4.78 is 31.4. The van der Waals surface area contributed by atoms with Crippen LogP contribution < -0.4 is 10.5 Å². The fraction of sp³-hybridized carbons (Fsp3) is 0.294. The first-order chi connectivity index (χ1) is 12.5. The van der Waals surface area contributed by atoms with Crippen LogP contribution in [0.15, 0.2) is 30.7 Å². The molecule has 0 saturated heterocycles. The molecule has 4 rings (SSSR count). The smallest absolute Gasteiger partial charge is 0.387 e. The molecule has 1 aliphatic rings. The molecule has 1 fully saturated rings. The van der Waals surface area contributed by atoms with Gasteiger partial charge in [-0.25, -0.2) is 19.9 Å². The normalized spacial score (nSPS) is 14.0. The van der Waals surface area contributed by atoms with Crippen LogP contribution in [0, 0.1) is 6.92 Å². The predicted molar refractivity (Wildman–Crippen MR) is 90.1 cm³/mol. The summed E-state index contributed by atoms with van der Waals surface area (Å²) in [6, 6.07) is 3.18. The van der Waals surface area contributed by atoms with Crippen LogP contribution >= 0.6 is 0 Å². The minimum Gasteiger partial charge on any atom is -0.431 e. The fourth-order valence-electron chi connectivity index (χ4n) is 2.65. The van der Waals surface area contributed by atoms with E-state index < -0.39 is 6.61 Å². The van der Waals surface area contributed by atoms with E-state index in [1.54, 1.807) is 12.3 Å².